The number of rotatable bonds is 2. The number of hydrogen-bond acceptors (Lipinski definition) is 2. The summed E-state index contributed by atoms with van der Waals surface area (Å²) in [5, 5.41) is 0.704. The van der Waals surface area contributed by atoms with Crippen LogP contribution in [0.1, 0.15) is 23.6 Å². The molecule has 0 radical (unpaired) electrons. The highest BCUT2D eigenvalue weighted by Crippen LogP contribution is 2.32. The minimum Gasteiger partial charge on any atom is -0.497 e. The highest BCUT2D eigenvalue weighted by atomic mass is 35.5. The molecular formula is C24H22ClNO2. The van der Waals surface area contributed by atoms with Gasteiger partial charge in [0.15, 0.2) is 0 Å². The lowest BCUT2D eigenvalue weighted by molar-refractivity contribution is -0.116. The molecule has 0 spiro atoms. The van der Waals surface area contributed by atoms with Crippen LogP contribution in [-0.2, 0) is 24.2 Å². The number of aryl methyl sites for hydroxylation is 2. The second-order valence-corrected chi connectivity index (χ2v) is 7.53. The van der Waals surface area contributed by atoms with Crippen LogP contribution in [0.25, 0.3) is 11.1 Å². The van der Waals surface area contributed by atoms with Gasteiger partial charge in [0.25, 0.3) is 0 Å². The molecule has 0 saturated carbocycles. The summed E-state index contributed by atoms with van der Waals surface area (Å²) in [5.74, 6) is 0.885. The van der Waals surface area contributed by atoms with Gasteiger partial charge >= 0.3 is 0 Å². The number of nitrogens with zero attached hydrogens (tertiary/aromatic N) is 1. The Bertz CT molecular complexity index is 1030. The molecule has 0 unspecified atom stereocenters. The zero-order valence-electron chi connectivity index (χ0n) is 16.0. The number of carbonyl (C=O) groups is 1. The van der Waals surface area contributed by atoms with Gasteiger partial charge in [0.2, 0.25) is 5.91 Å². The summed E-state index contributed by atoms with van der Waals surface area (Å²) in [7, 11) is 1.67. The van der Waals surface area contributed by atoms with Crippen LogP contribution in [0.3, 0.4) is 0 Å². The molecule has 3 aromatic rings. The van der Waals surface area contributed by atoms with Gasteiger partial charge < -0.3 is 9.64 Å². The van der Waals surface area contributed by atoms with Crippen molar-refractivity contribution in [1.29, 1.82) is 0 Å². The number of benzene rings is 3. The van der Waals surface area contributed by atoms with Gasteiger partial charge in [-0.25, -0.2) is 0 Å². The van der Waals surface area contributed by atoms with Gasteiger partial charge in [-0.15, -0.1) is 0 Å². The standard InChI is InChI=1S/C24H22ClNO2/c1-16(27)26-15-21-6-4-18(17-7-10-23(28-2)11-8-17)13-19(21)3-5-20-14-22(25)9-12-24(20)26/h4,6-14H,3,5,15H2,1-2H3. The van der Waals surface area contributed by atoms with Gasteiger partial charge in [0.05, 0.1) is 13.7 Å². The van der Waals surface area contributed by atoms with Crippen molar-refractivity contribution in [3.63, 3.8) is 0 Å². The first-order valence-corrected chi connectivity index (χ1v) is 9.75. The van der Waals surface area contributed by atoms with E-state index in [0.29, 0.717) is 11.6 Å². The maximum Gasteiger partial charge on any atom is 0.224 e. The molecule has 0 aromatic heterocycles. The Labute approximate surface area is 170 Å². The molecule has 1 aliphatic rings. The molecule has 1 aliphatic heterocycles. The first-order chi connectivity index (χ1) is 13.5. The third kappa shape index (κ3) is 3.63. The van der Waals surface area contributed by atoms with Crippen molar-refractivity contribution in [3.8, 4) is 16.9 Å². The monoisotopic (exact) mass is 391 g/mol. The molecule has 0 fully saturated rings. The molecule has 4 heteroatoms. The fourth-order valence-electron chi connectivity index (χ4n) is 3.80. The van der Waals surface area contributed by atoms with E-state index in [-0.39, 0.29) is 5.91 Å². The maximum absolute atomic E-state index is 12.4. The largest absolute Gasteiger partial charge is 0.497 e. The van der Waals surface area contributed by atoms with Gasteiger partial charge in [-0.05, 0) is 71.0 Å². The number of halogens is 1. The van der Waals surface area contributed by atoms with Gasteiger partial charge in [0.1, 0.15) is 5.75 Å². The number of carbonyl (C=O) groups excluding carboxylic acids is 1. The highest BCUT2D eigenvalue weighted by Gasteiger charge is 2.21. The van der Waals surface area contributed by atoms with E-state index in [9.17, 15) is 4.79 Å². The van der Waals surface area contributed by atoms with E-state index in [1.54, 1.807) is 14.0 Å². The first-order valence-electron chi connectivity index (χ1n) is 9.38. The molecule has 0 N–H and O–H groups in total. The van der Waals surface area contributed by atoms with Crippen molar-refractivity contribution < 1.29 is 9.53 Å². The topological polar surface area (TPSA) is 29.5 Å². The Morgan fingerprint density at radius 3 is 2.32 bits per heavy atom. The molecule has 1 amide bonds. The third-order valence-electron chi connectivity index (χ3n) is 5.33. The number of methoxy groups -OCH3 is 1. The van der Waals surface area contributed by atoms with E-state index in [4.69, 9.17) is 16.3 Å². The van der Waals surface area contributed by atoms with E-state index >= 15 is 0 Å². The van der Waals surface area contributed by atoms with Crippen molar-refractivity contribution in [2.24, 2.45) is 0 Å². The molecule has 28 heavy (non-hydrogen) atoms. The second kappa shape index (κ2) is 7.69. The lowest BCUT2D eigenvalue weighted by atomic mass is 9.92. The predicted octanol–water partition coefficient (Wildman–Crippen LogP) is 5.67. The Morgan fingerprint density at radius 1 is 0.893 bits per heavy atom. The minimum atomic E-state index is 0.0376. The fourth-order valence-corrected chi connectivity index (χ4v) is 3.99. The zero-order chi connectivity index (χ0) is 19.7. The summed E-state index contributed by atoms with van der Waals surface area (Å²) in [6.07, 6.45) is 1.76. The molecule has 4 rings (SSSR count). The quantitative estimate of drug-likeness (QED) is 0.563. The molecule has 3 aromatic carbocycles. The Hall–Kier alpha value is -2.78. The first kappa shape index (κ1) is 18.6. The number of hydrogen-bond donors (Lipinski definition) is 0. The molecule has 0 atom stereocenters. The van der Waals surface area contributed by atoms with Gasteiger partial charge in [-0.2, -0.15) is 0 Å². The van der Waals surface area contributed by atoms with Crippen LogP contribution in [0.4, 0.5) is 5.69 Å². The summed E-state index contributed by atoms with van der Waals surface area (Å²) in [6, 6.07) is 20.4. The van der Waals surface area contributed by atoms with Crippen LogP contribution >= 0.6 is 11.6 Å². The van der Waals surface area contributed by atoms with Gasteiger partial charge in [-0.1, -0.05) is 41.9 Å². The van der Waals surface area contributed by atoms with Crippen LogP contribution in [0, 0.1) is 0 Å². The van der Waals surface area contributed by atoms with Crippen molar-refractivity contribution in [2.45, 2.75) is 26.3 Å². The highest BCUT2D eigenvalue weighted by molar-refractivity contribution is 6.30. The van der Waals surface area contributed by atoms with Gasteiger partial charge in [-0.3, -0.25) is 4.79 Å². The summed E-state index contributed by atoms with van der Waals surface area (Å²) in [5.41, 5.74) is 6.85. The number of anilines is 1. The van der Waals surface area contributed by atoms with E-state index in [1.165, 1.54) is 16.7 Å². The van der Waals surface area contributed by atoms with Crippen LogP contribution in [-0.4, -0.2) is 13.0 Å². The fraction of sp³-hybridized carbons (Fsp3) is 0.208. The van der Waals surface area contributed by atoms with Crippen LogP contribution in [0.15, 0.2) is 60.7 Å². The molecule has 0 saturated heterocycles. The molecule has 1 heterocycles. The lowest BCUT2D eigenvalue weighted by Gasteiger charge is -2.28. The van der Waals surface area contributed by atoms with Crippen molar-refractivity contribution in [1.82, 2.24) is 0 Å². The normalized spacial score (nSPS) is 13.2. The predicted molar refractivity (Wildman–Crippen MR) is 114 cm³/mol. The van der Waals surface area contributed by atoms with E-state index in [1.807, 2.05) is 35.2 Å². The summed E-state index contributed by atoms with van der Waals surface area (Å²) < 4.78 is 5.25. The number of ether oxygens (including phenoxy) is 1. The third-order valence-corrected chi connectivity index (χ3v) is 5.57. The number of fused-ring (bicyclic) bond motifs is 2. The SMILES string of the molecule is COc1ccc(-c2ccc3c(c2)CCc2cc(Cl)ccc2N(C(C)=O)C3)cc1. The Balaban J connectivity index is 1.73. The molecular weight excluding hydrogens is 370 g/mol. The van der Waals surface area contributed by atoms with Crippen molar-refractivity contribution in [2.75, 3.05) is 12.0 Å². The molecule has 142 valence electrons. The van der Waals surface area contributed by atoms with Gasteiger partial charge in [0, 0.05) is 17.6 Å². The molecule has 0 aliphatic carbocycles. The second-order valence-electron chi connectivity index (χ2n) is 7.09. The summed E-state index contributed by atoms with van der Waals surface area (Å²) >= 11 is 6.21. The minimum absolute atomic E-state index is 0.0376. The summed E-state index contributed by atoms with van der Waals surface area (Å²) in [6.45, 7) is 2.19. The van der Waals surface area contributed by atoms with Crippen LogP contribution < -0.4 is 9.64 Å². The van der Waals surface area contributed by atoms with Crippen LogP contribution in [0.2, 0.25) is 5.02 Å². The Morgan fingerprint density at radius 2 is 1.61 bits per heavy atom. The van der Waals surface area contributed by atoms with Crippen LogP contribution in [0.5, 0.6) is 5.75 Å². The Kier molecular flexibility index (Phi) is 5.10. The van der Waals surface area contributed by atoms with Crippen molar-refractivity contribution >= 4 is 23.2 Å². The van der Waals surface area contributed by atoms with E-state index in [2.05, 4.69) is 30.3 Å². The average Bonchev–Trinajstić information content (AvgIpc) is 2.69. The average molecular weight is 392 g/mol. The van der Waals surface area contributed by atoms with E-state index in [0.717, 1.165) is 35.4 Å². The molecule has 0 bridgehead atoms. The number of amides is 1. The van der Waals surface area contributed by atoms with Crippen molar-refractivity contribution in [3.05, 3.63) is 82.4 Å². The lowest BCUT2D eigenvalue weighted by Crippen LogP contribution is -2.30. The molecule has 3 nitrogen and oxygen atoms in total. The van der Waals surface area contributed by atoms with E-state index < -0.39 is 0 Å². The smallest absolute Gasteiger partial charge is 0.224 e. The maximum atomic E-state index is 12.4. The summed E-state index contributed by atoms with van der Waals surface area (Å²) in [4.78, 5) is 14.2. The zero-order valence-corrected chi connectivity index (χ0v) is 16.8.